The van der Waals surface area contributed by atoms with Crippen LogP contribution in [0.5, 0.6) is 0 Å². The summed E-state index contributed by atoms with van der Waals surface area (Å²) in [4.78, 5) is 12.9. The highest BCUT2D eigenvalue weighted by molar-refractivity contribution is 5.77. The molecule has 1 N–H and O–H groups in total. The van der Waals surface area contributed by atoms with Gasteiger partial charge >= 0.3 is 5.97 Å². The minimum Gasteiger partial charge on any atom is -0.462 e. The average molecular weight is 350 g/mol. The van der Waals surface area contributed by atoms with E-state index in [1.54, 1.807) is 0 Å². The molecule has 0 amide bonds. The second kappa shape index (κ2) is 5.93. The third-order valence-corrected chi connectivity index (χ3v) is 7.59. The Labute approximate surface area is 149 Å². The van der Waals surface area contributed by atoms with Gasteiger partial charge in [-0.3, -0.25) is 4.79 Å². The maximum absolute atomic E-state index is 12.9. The fraction of sp³-hybridized carbons (Fsp3) is 0.950. The maximum atomic E-state index is 12.9. The van der Waals surface area contributed by atoms with E-state index in [2.05, 4.69) is 0 Å². The van der Waals surface area contributed by atoms with Gasteiger partial charge < -0.3 is 19.3 Å². The smallest absolute Gasteiger partial charge is 0.312 e. The highest BCUT2D eigenvalue weighted by atomic mass is 16.8. The van der Waals surface area contributed by atoms with E-state index in [0.717, 1.165) is 57.8 Å². The molecule has 5 aliphatic carbocycles. The Morgan fingerprint density at radius 2 is 1.80 bits per heavy atom. The fourth-order valence-corrected chi connectivity index (χ4v) is 6.62. The van der Waals surface area contributed by atoms with Gasteiger partial charge in [0.05, 0.1) is 18.1 Å². The molecule has 1 aliphatic heterocycles. The van der Waals surface area contributed by atoms with Gasteiger partial charge in [0, 0.05) is 12.8 Å². The lowest BCUT2D eigenvalue weighted by Gasteiger charge is -2.57. The number of carbonyl (C=O) groups is 1. The highest BCUT2D eigenvalue weighted by Gasteiger charge is 2.59. The Kier molecular flexibility index (Phi) is 3.92. The lowest BCUT2D eigenvalue weighted by molar-refractivity contribution is -0.200. The van der Waals surface area contributed by atoms with Crippen molar-refractivity contribution >= 4 is 5.97 Å². The monoisotopic (exact) mass is 350 g/mol. The number of aliphatic hydroxyl groups is 1. The van der Waals surface area contributed by atoms with Crippen LogP contribution in [0.15, 0.2) is 0 Å². The topological polar surface area (TPSA) is 65.0 Å². The van der Waals surface area contributed by atoms with E-state index < -0.39 is 5.79 Å². The van der Waals surface area contributed by atoms with E-state index in [4.69, 9.17) is 14.2 Å². The van der Waals surface area contributed by atoms with Gasteiger partial charge in [-0.15, -0.1) is 0 Å². The van der Waals surface area contributed by atoms with Gasteiger partial charge in [0.1, 0.15) is 12.7 Å². The Morgan fingerprint density at radius 3 is 2.52 bits per heavy atom. The Balaban J connectivity index is 1.19. The SMILES string of the molecule is O=C(OCC1COC2(CCCCC2)O1)C12CC3CC(C1)C(O)C(C3)C2. The molecule has 25 heavy (non-hydrogen) atoms. The Morgan fingerprint density at radius 1 is 1.08 bits per heavy atom. The molecule has 6 aliphatic rings. The van der Waals surface area contributed by atoms with Crippen LogP contribution in [-0.2, 0) is 19.0 Å². The molecule has 4 bridgehead atoms. The molecular formula is C20H30O5. The molecule has 0 aromatic carbocycles. The molecule has 0 aromatic rings. The van der Waals surface area contributed by atoms with Crippen LogP contribution in [0.1, 0.15) is 64.2 Å². The van der Waals surface area contributed by atoms with Crippen LogP contribution in [0.2, 0.25) is 0 Å². The van der Waals surface area contributed by atoms with Crippen molar-refractivity contribution in [3.05, 3.63) is 0 Å². The summed E-state index contributed by atoms with van der Waals surface area (Å²) < 4.78 is 17.8. The van der Waals surface area contributed by atoms with Gasteiger partial charge in [-0.1, -0.05) is 6.42 Å². The standard InChI is InChI=1S/C20H30O5/c21-17-14-6-13-7-15(17)10-19(8-13,9-14)18(22)23-11-16-12-24-20(25-16)4-2-1-3-5-20/h13-17,21H,1-12H2. The summed E-state index contributed by atoms with van der Waals surface area (Å²) in [5, 5.41) is 10.4. The second-order valence-corrected chi connectivity index (χ2v) is 9.36. The van der Waals surface area contributed by atoms with Gasteiger partial charge in [-0.25, -0.2) is 0 Å². The number of rotatable bonds is 3. The first-order valence-electron chi connectivity index (χ1n) is 10.2. The van der Waals surface area contributed by atoms with Gasteiger partial charge in [-0.05, 0) is 62.7 Å². The van der Waals surface area contributed by atoms with E-state index in [1.165, 1.54) is 6.42 Å². The van der Waals surface area contributed by atoms with Crippen LogP contribution in [0.4, 0.5) is 0 Å². The zero-order valence-electron chi connectivity index (χ0n) is 15.0. The van der Waals surface area contributed by atoms with Crippen molar-refractivity contribution in [3.8, 4) is 0 Å². The van der Waals surface area contributed by atoms with E-state index in [9.17, 15) is 9.90 Å². The first kappa shape index (κ1) is 16.5. The normalized spacial score (nSPS) is 47.3. The van der Waals surface area contributed by atoms with Crippen molar-refractivity contribution in [2.24, 2.45) is 23.2 Å². The van der Waals surface area contributed by atoms with Crippen LogP contribution < -0.4 is 0 Å². The molecular weight excluding hydrogens is 320 g/mol. The van der Waals surface area contributed by atoms with Crippen molar-refractivity contribution < 1.29 is 24.1 Å². The molecule has 3 atom stereocenters. The first-order chi connectivity index (χ1) is 12.1. The highest BCUT2D eigenvalue weighted by Crippen LogP contribution is 2.60. The lowest BCUT2D eigenvalue weighted by Crippen LogP contribution is -2.56. The van der Waals surface area contributed by atoms with Gasteiger partial charge in [0.25, 0.3) is 0 Å². The first-order valence-corrected chi connectivity index (χ1v) is 10.2. The van der Waals surface area contributed by atoms with E-state index in [0.29, 0.717) is 31.0 Å². The van der Waals surface area contributed by atoms with E-state index in [1.807, 2.05) is 0 Å². The lowest BCUT2D eigenvalue weighted by atomic mass is 9.48. The predicted molar refractivity (Wildman–Crippen MR) is 89.6 cm³/mol. The van der Waals surface area contributed by atoms with Crippen LogP contribution >= 0.6 is 0 Å². The number of ether oxygens (including phenoxy) is 3. The van der Waals surface area contributed by atoms with Crippen LogP contribution in [0.25, 0.3) is 0 Å². The van der Waals surface area contributed by atoms with Crippen LogP contribution in [0, 0.1) is 23.2 Å². The predicted octanol–water partition coefficient (Wildman–Crippen LogP) is 2.79. The Bertz CT molecular complexity index is 524. The van der Waals surface area contributed by atoms with Crippen molar-refractivity contribution in [1.82, 2.24) is 0 Å². The molecule has 6 fully saturated rings. The Hall–Kier alpha value is -0.650. The summed E-state index contributed by atoms with van der Waals surface area (Å²) in [6.45, 7) is 0.845. The largest absolute Gasteiger partial charge is 0.462 e. The number of carbonyl (C=O) groups excluding carboxylic acids is 1. The minimum atomic E-state index is -0.403. The van der Waals surface area contributed by atoms with Crippen molar-refractivity contribution in [2.75, 3.05) is 13.2 Å². The van der Waals surface area contributed by atoms with Crippen LogP contribution in [0.3, 0.4) is 0 Å². The number of hydrogen-bond acceptors (Lipinski definition) is 5. The second-order valence-electron chi connectivity index (χ2n) is 9.36. The molecule has 6 rings (SSSR count). The molecule has 1 heterocycles. The molecule has 3 unspecified atom stereocenters. The van der Waals surface area contributed by atoms with Crippen molar-refractivity contribution in [3.63, 3.8) is 0 Å². The number of esters is 1. The summed E-state index contributed by atoms with van der Waals surface area (Å²) in [7, 11) is 0. The zero-order chi connectivity index (χ0) is 17.1. The van der Waals surface area contributed by atoms with Crippen molar-refractivity contribution in [1.29, 1.82) is 0 Å². The molecule has 5 heteroatoms. The van der Waals surface area contributed by atoms with Crippen LogP contribution in [-0.4, -0.2) is 42.3 Å². The minimum absolute atomic E-state index is 0.0491. The molecule has 1 saturated heterocycles. The summed E-state index contributed by atoms with van der Waals surface area (Å²) in [6.07, 6.45) is 9.93. The molecule has 0 aromatic heterocycles. The van der Waals surface area contributed by atoms with Gasteiger partial charge in [0.2, 0.25) is 0 Å². The fourth-order valence-electron chi connectivity index (χ4n) is 6.62. The molecule has 1 spiro atoms. The zero-order valence-corrected chi connectivity index (χ0v) is 15.0. The quantitative estimate of drug-likeness (QED) is 0.793. The average Bonchev–Trinajstić information content (AvgIpc) is 2.99. The summed E-state index contributed by atoms with van der Waals surface area (Å²) >= 11 is 0. The summed E-state index contributed by atoms with van der Waals surface area (Å²) in [5.74, 6) is 0.753. The molecule has 5 nitrogen and oxygen atoms in total. The van der Waals surface area contributed by atoms with E-state index >= 15 is 0 Å². The van der Waals surface area contributed by atoms with Crippen molar-refractivity contribution in [2.45, 2.75) is 82.2 Å². The van der Waals surface area contributed by atoms with E-state index in [-0.39, 0.29) is 23.6 Å². The molecule has 5 saturated carbocycles. The third kappa shape index (κ3) is 2.74. The molecule has 0 radical (unpaired) electrons. The summed E-state index contributed by atoms with van der Waals surface area (Å²) in [6, 6.07) is 0. The van der Waals surface area contributed by atoms with Gasteiger partial charge in [0.15, 0.2) is 5.79 Å². The maximum Gasteiger partial charge on any atom is 0.312 e. The third-order valence-electron chi connectivity index (χ3n) is 7.59. The van der Waals surface area contributed by atoms with Gasteiger partial charge in [-0.2, -0.15) is 0 Å². The summed E-state index contributed by atoms with van der Waals surface area (Å²) in [5.41, 5.74) is -0.336. The molecule has 140 valence electrons. The number of hydrogen-bond donors (Lipinski definition) is 1. The number of aliphatic hydroxyl groups excluding tert-OH is 1.